The smallest absolute Gasteiger partial charge is 0.306 e. The molecule has 0 aromatic carbocycles. The Hall–Kier alpha value is -1.28. The number of hydrogen-bond donors (Lipinski definition) is 0. The fourth-order valence-corrected chi connectivity index (χ4v) is 8.05. The van der Waals surface area contributed by atoms with Gasteiger partial charge in [-0.2, -0.15) is 0 Å². The van der Waals surface area contributed by atoms with Crippen LogP contribution in [0.25, 0.3) is 0 Å². The Kier molecular flexibility index (Phi) is 45.3. The molecule has 0 aromatic heterocycles. The van der Waals surface area contributed by atoms with Crippen LogP contribution >= 0.6 is 7.82 Å². The number of esters is 1. The minimum absolute atomic E-state index is 0.0244. The number of phosphoric acid groups is 1. The Balaban J connectivity index is 4.07. The van der Waals surface area contributed by atoms with E-state index in [9.17, 15) is 14.3 Å². The molecule has 2 atom stereocenters. The number of quaternary nitrogens is 1. The first-order chi connectivity index (χ1) is 30.1. The quantitative estimate of drug-likeness (QED) is 0.0197. The van der Waals surface area contributed by atoms with Crippen molar-refractivity contribution < 1.29 is 37.3 Å². The summed E-state index contributed by atoms with van der Waals surface area (Å²) < 4.78 is 34.7. The lowest BCUT2D eigenvalue weighted by molar-refractivity contribution is -0.870. The van der Waals surface area contributed by atoms with Gasteiger partial charge in [-0.05, 0) is 64.2 Å². The zero-order chi connectivity index (χ0) is 45.5. The molecule has 0 heterocycles. The Bertz CT molecular complexity index is 1090. The zero-order valence-corrected chi connectivity index (χ0v) is 42.5. The molecule has 0 fully saturated rings. The average molecular weight is 896 g/mol. The fourth-order valence-electron chi connectivity index (χ4n) is 7.32. The molecule has 62 heavy (non-hydrogen) atoms. The molecule has 0 aromatic rings. The van der Waals surface area contributed by atoms with E-state index in [-0.39, 0.29) is 25.8 Å². The Morgan fingerprint density at radius 1 is 0.500 bits per heavy atom. The van der Waals surface area contributed by atoms with Crippen LogP contribution in [0.2, 0.25) is 0 Å². The van der Waals surface area contributed by atoms with Crippen molar-refractivity contribution >= 4 is 13.8 Å². The second-order valence-corrected chi connectivity index (χ2v) is 20.3. The highest BCUT2D eigenvalue weighted by Crippen LogP contribution is 2.38. The van der Waals surface area contributed by atoms with Gasteiger partial charge in [0, 0.05) is 13.0 Å². The summed E-state index contributed by atoms with van der Waals surface area (Å²) in [7, 11) is 1.35. The third-order valence-electron chi connectivity index (χ3n) is 11.4. The lowest BCUT2D eigenvalue weighted by atomic mass is 10.0. The van der Waals surface area contributed by atoms with Gasteiger partial charge >= 0.3 is 5.97 Å². The van der Waals surface area contributed by atoms with Gasteiger partial charge in [0.2, 0.25) is 0 Å². The lowest BCUT2D eigenvalue weighted by Crippen LogP contribution is -2.37. The number of nitrogens with zero attached hydrogens (tertiary/aromatic N) is 1. The van der Waals surface area contributed by atoms with Gasteiger partial charge in [0.15, 0.2) is 0 Å². The van der Waals surface area contributed by atoms with Crippen LogP contribution in [-0.4, -0.2) is 70.7 Å². The zero-order valence-electron chi connectivity index (χ0n) is 41.6. The average Bonchev–Trinajstić information content (AvgIpc) is 3.23. The number of unbranched alkanes of at least 4 members (excludes halogenated alkanes) is 29. The van der Waals surface area contributed by atoms with E-state index >= 15 is 0 Å². The second kappa shape index (κ2) is 46.3. The van der Waals surface area contributed by atoms with Gasteiger partial charge in [0.25, 0.3) is 7.82 Å². The molecule has 0 radical (unpaired) electrons. The van der Waals surface area contributed by atoms with Gasteiger partial charge in [-0.1, -0.05) is 204 Å². The predicted molar refractivity (Wildman–Crippen MR) is 263 cm³/mol. The topological polar surface area (TPSA) is 94.1 Å². The summed E-state index contributed by atoms with van der Waals surface area (Å²) in [5.41, 5.74) is 0. The van der Waals surface area contributed by atoms with Crippen molar-refractivity contribution in [2.45, 2.75) is 245 Å². The van der Waals surface area contributed by atoms with Gasteiger partial charge < -0.3 is 27.9 Å². The lowest BCUT2D eigenvalue weighted by Gasteiger charge is -2.28. The molecule has 0 aliphatic heterocycles. The highest BCUT2D eigenvalue weighted by molar-refractivity contribution is 7.45. The van der Waals surface area contributed by atoms with Crippen LogP contribution in [0.4, 0.5) is 0 Å². The monoisotopic (exact) mass is 896 g/mol. The largest absolute Gasteiger partial charge is 0.756 e. The first-order valence-corrected chi connectivity index (χ1v) is 27.7. The Labute approximate surface area is 385 Å². The molecule has 0 N–H and O–H groups in total. The molecule has 0 bridgehead atoms. The summed E-state index contributed by atoms with van der Waals surface area (Å²) in [6.07, 6.45) is 56.0. The van der Waals surface area contributed by atoms with Crippen molar-refractivity contribution in [2.24, 2.45) is 0 Å². The summed E-state index contributed by atoms with van der Waals surface area (Å²) in [4.78, 5) is 25.2. The van der Waals surface area contributed by atoms with Crippen LogP contribution in [0, 0.1) is 0 Å². The van der Waals surface area contributed by atoms with Crippen molar-refractivity contribution in [3.05, 3.63) is 36.5 Å². The molecule has 0 saturated heterocycles. The van der Waals surface area contributed by atoms with Gasteiger partial charge in [0.1, 0.15) is 19.3 Å². The molecule has 9 heteroatoms. The molecule has 0 aliphatic rings. The van der Waals surface area contributed by atoms with E-state index in [1.807, 2.05) is 21.1 Å². The summed E-state index contributed by atoms with van der Waals surface area (Å²) in [5, 5.41) is 0. The Morgan fingerprint density at radius 2 is 0.903 bits per heavy atom. The number of carbonyl (C=O) groups excluding carboxylic acids is 1. The van der Waals surface area contributed by atoms with Crippen LogP contribution in [0.5, 0.6) is 0 Å². The number of allylic oxidation sites excluding steroid dienone is 6. The van der Waals surface area contributed by atoms with E-state index in [4.69, 9.17) is 18.5 Å². The SMILES string of the molecule is CCCC/C=C\C/C=C\CCCCCCCCOCC(COP(=O)([O-])OCC[N+](C)(C)C)OC(=O)CCCCCCCCCCCCCCC/C=C\CCCCCCCCCC. The van der Waals surface area contributed by atoms with E-state index in [1.165, 1.54) is 167 Å². The summed E-state index contributed by atoms with van der Waals surface area (Å²) in [6, 6.07) is 0. The number of rotatable bonds is 49. The number of hydrogen-bond acceptors (Lipinski definition) is 7. The molecule has 0 aliphatic carbocycles. The summed E-state index contributed by atoms with van der Waals surface area (Å²) >= 11 is 0. The normalized spacial score (nSPS) is 13.8. The van der Waals surface area contributed by atoms with E-state index in [0.29, 0.717) is 24.1 Å². The number of likely N-dealkylation sites (N-methyl/N-ethyl adjacent to an activating group) is 1. The molecule has 0 amide bonds. The highest BCUT2D eigenvalue weighted by atomic mass is 31.2. The second-order valence-electron chi connectivity index (χ2n) is 18.9. The summed E-state index contributed by atoms with van der Waals surface area (Å²) in [5.74, 6) is -0.335. The van der Waals surface area contributed by atoms with Crippen molar-refractivity contribution in [1.29, 1.82) is 0 Å². The first-order valence-electron chi connectivity index (χ1n) is 26.2. The van der Waals surface area contributed by atoms with E-state index < -0.39 is 13.9 Å². The molecule has 0 rings (SSSR count). The standard InChI is InChI=1S/C53H102NO7P/c1-6-8-10-12-14-16-18-20-22-23-24-25-26-27-28-29-30-31-32-34-36-38-40-42-44-46-53(55)61-52(51-60-62(56,57)59-49-47-54(3,4)5)50-58-48-45-43-41-39-37-35-33-21-19-17-15-13-11-9-7-2/h13,15,19,21,23-24,52H,6-12,14,16-18,20,22,25-51H2,1-5H3/b15-13-,21-19-,24-23-. The molecule has 2 unspecified atom stereocenters. The third kappa shape index (κ3) is 49.7. The van der Waals surface area contributed by atoms with Crippen LogP contribution in [-0.2, 0) is 27.9 Å². The van der Waals surface area contributed by atoms with Crippen molar-refractivity contribution in [3.63, 3.8) is 0 Å². The van der Waals surface area contributed by atoms with Crippen molar-refractivity contribution in [2.75, 3.05) is 54.1 Å². The molecule has 366 valence electrons. The van der Waals surface area contributed by atoms with Gasteiger partial charge in [0.05, 0.1) is 34.4 Å². The highest BCUT2D eigenvalue weighted by Gasteiger charge is 2.20. The van der Waals surface area contributed by atoms with Crippen LogP contribution < -0.4 is 4.89 Å². The third-order valence-corrected chi connectivity index (χ3v) is 12.4. The van der Waals surface area contributed by atoms with E-state index in [1.54, 1.807) is 0 Å². The minimum atomic E-state index is -4.53. The van der Waals surface area contributed by atoms with Crippen LogP contribution in [0.1, 0.15) is 239 Å². The first kappa shape index (κ1) is 60.7. The molecule has 0 spiro atoms. The predicted octanol–water partition coefficient (Wildman–Crippen LogP) is 15.5. The van der Waals surface area contributed by atoms with Crippen molar-refractivity contribution in [3.8, 4) is 0 Å². The molecular formula is C53H102NO7P. The molecular weight excluding hydrogens is 794 g/mol. The summed E-state index contributed by atoms with van der Waals surface area (Å²) in [6.45, 7) is 5.38. The molecule has 0 saturated carbocycles. The Morgan fingerprint density at radius 3 is 1.37 bits per heavy atom. The van der Waals surface area contributed by atoms with E-state index in [0.717, 1.165) is 51.4 Å². The van der Waals surface area contributed by atoms with E-state index in [2.05, 4.69) is 50.3 Å². The molecule has 8 nitrogen and oxygen atoms in total. The number of phosphoric ester groups is 1. The number of ether oxygens (including phenoxy) is 2. The van der Waals surface area contributed by atoms with Gasteiger partial charge in [-0.25, -0.2) is 0 Å². The maximum atomic E-state index is 12.7. The van der Waals surface area contributed by atoms with Crippen molar-refractivity contribution in [1.82, 2.24) is 0 Å². The maximum absolute atomic E-state index is 12.7. The maximum Gasteiger partial charge on any atom is 0.306 e. The van der Waals surface area contributed by atoms with Crippen LogP contribution in [0.15, 0.2) is 36.5 Å². The fraction of sp³-hybridized carbons (Fsp3) is 0.868. The van der Waals surface area contributed by atoms with Gasteiger partial charge in [-0.3, -0.25) is 9.36 Å². The van der Waals surface area contributed by atoms with Gasteiger partial charge in [-0.15, -0.1) is 0 Å². The minimum Gasteiger partial charge on any atom is -0.756 e. The number of carbonyl (C=O) groups is 1. The van der Waals surface area contributed by atoms with Crippen LogP contribution in [0.3, 0.4) is 0 Å².